The van der Waals surface area contributed by atoms with Gasteiger partial charge in [0, 0.05) is 6.08 Å². The van der Waals surface area contributed by atoms with Crippen LogP contribution in [0, 0.1) is 0 Å². The summed E-state index contributed by atoms with van der Waals surface area (Å²) in [4.78, 5) is 20.9. The van der Waals surface area contributed by atoms with Crippen molar-refractivity contribution in [1.29, 1.82) is 0 Å². The molecule has 12 heavy (non-hydrogen) atoms. The summed E-state index contributed by atoms with van der Waals surface area (Å²) >= 11 is 0. The van der Waals surface area contributed by atoms with E-state index in [1.165, 1.54) is 0 Å². The van der Waals surface area contributed by atoms with Crippen LogP contribution in [0.5, 0.6) is 0 Å². The molecule has 5 heteroatoms. The van der Waals surface area contributed by atoms with E-state index in [1.54, 1.807) is 0 Å². The summed E-state index contributed by atoms with van der Waals surface area (Å²) in [6.07, 6.45) is -3.07. The van der Waals surface area contributed by atoms with Gasteiger partial charge in [0.2, 0.25) is 11.6 Å². The lowest BCUT2D eigenvalue weighted by atomic mass is 10.1. The predicted molar refractivity (Wildman–Crippen MR) is 33.3 cm³/mol. The molecule has 0 radical (unpaired) electrons. The Morgan fingerprint density at radius 2 is 1.58 bits per heavy atom. The highest BCUT2D eigenvalue weighted by molar-refractivity contribution is 6.46. The van der Waals surface area contributed by atoms with Crippen LogP contribution in [-0.2, 0) is 9.59 Å². The molecule has 2 nitrogen and oxygen atoms in total. The molecule has 0 bridgehead atoms. The van der Waals surface area contributed by atoms with Crippen molar-refractivity contribution in [2.75, 3.05) is 0 Å². The van der Waals surface area contributed by atoms with Crippen LogP contribution in [0.1, 0.15) is 0 Å². The molecule has 0 saturated heterocycles. The van der Waals surface area contributed by atoms with Crippen molar-refractivity contribution in [2.24, 2.45) is 0 Å². The zero-order valence-electron chi connectivity index (χ0n) is 5.68. The van der Waals surface area contributed by atoms with Gasteiger partial charge in [0.05, 0.1) is 5.57 Å². The molecule has 0 aliphatic heterocycles. The van der Waals surface area contributed by atoms with Gasteiger partial charge in [-0.25, -0.2) is 0 Å². The van der Waals surface area contributed by atoms with E-state index in [4.69, 9.17) is 0 Å². The molecule has 1 aliphatic rings. The largest absolute Gasteiger partial charge is 0.416 e. The van der Waals surface area contributed by atoms with Crippen LogP contribution in [0.2, 0.25) is 0 Å². The minimum atomic E-state index is -4.56. The summed E-state index contributed by atoms with van der Waals surface area (Å²) in [5.74, 6) is -2.06. The van der Waals surface area contributed by atoms with Gasteiger partial charge in [-0.15, -0.1) is 0 Å². The van der Waals surface area contributed by atoms with Crippen LogP contribution >= 0.6 is 0 Å². The molecule has 0 atom stereocenters. The van der Waals surface area contributed by atoms with Gasteiger partial charge >= 0.3 is 6.18 Å². The smallest absolute Gasteiger partial charge is 0.286 e. The second-order valence-electron chi connectivity index (χ2n) is 2.16. The van der Waals surface area contributed by atoms with Crippen LogP contribution in [-0.4, -0.2) is 17.7 Å². The van der Waals surface area contributed by atoms with Crippen LogP contribution < -0.4 is 0 Å². The van der Waals surface area contributed by atoms with Gasteiger partial charge in [-0.05, 0) is 12.2 Å². The van der Waals surface area contributed by atoms with Crippen LogP contribution in [0.3, 0.4) is 0 Å². The van der Waals surface area contributed by atoms with E-state index in [0.717, 1.165) is 0 Å². The molecule has 64 valence electrons. The molecule has 0 aromatic carbocycles. The topological polar surface area (TPSA) is 34.1 Å². The van der Waals surface area contributed by atoms with E-state index >= 15 is 0 Å². The van der Waals surface area contributed by atoms with Crippen molar-refractivity contribution >= 4 is 11.6 Å². The summed E-state index contributed by atoms with van der Waals surface area (Å²) in [7, 11) is 0. The van der Waals surface area contributed by atoms with E-state index in [9.17, 15) is 22.8 Å². The summed E-state index contributed by atoms with van der Waals surface area (Å²) in [6.45, 7) is 0. The molecule has 1 aliphatic carbocycles. The molecular weight excluding hydrogens is 173 g/mol. The van der Waals surface area contributed by atoms with Crippen molar-refractivity contribution < 1.29 is 22.8 Å². The number of carbonyl (C=O) groups is 2. The lowest BCUT2D eigenvalue weighted by Gasteiger charge is -2.08. The highest BCUT2D eigenvalue weighted by Gasteiger charge is 2.34. The Morgan fingerprint density at radius 3 is 2.00 bits per heavy atom. The number of carbonyl (C=O) groups excluding carboxylic acids is 2. The molecular formula is C7H3F3O2. The molecule has 0 fully saturated rings. The molecule has 0 aromatic rings. The van der Waals surface area contributed by atoms with Gasteiger partial charge in [0.25, 0.3) is 0 Å². The summed E-state index contributed by atoms with van der Waals surface area (Å²) in [5, 5.41) is 0. The monoisotopic (exact) mass is 176 g/mol. The second kappa shape index (κ2) is 2.58. The Hall–Kier alpha value is -1.39. The van der Waals surface area contributed by atoms with E-state index in [1.807, 2.05) is 0 Å². The Labute approximate surface area is 65.4 Å². The van der Waals surface area contributed by atoms with Gasteiger partial charge in [0.15, 0.2) is 0 Å². The van der Waals surface area contributed by atoms with Crippen LogP contribution in [0.15, 0.2) is 23.8 Å². The predicted octanol–water partition coefficient (Wildman–Crippen LogP) is 1.18. The third-order valence-electron chi connectivity index (χ3n) is 1.27. The quantitative estimate of drug-likeness (QED) is 0.410. The number of rotatable bonds is 0. The average molecular weight is 176 g/mol. The SMILES string of the molecule is O=C1C=CC(C(F)(F)F)=CC1=O. The molecule has 1 rings (SSSR count). The van der Waals surface area contributed by atoms with Crippen molar-refractivity contribution in [3.05, 3.63) is 23.8 Å². The molecule has 0 unspecified atom stereocenters. The molecule has 0 spiro atoms. The van der Waals surface area contributed by atoms with Gasteiger partial charge in [-0.2, -0.15) is 13.2 Å². The Kier molecular flexibility index (Phi) is 1.87. The number of ketones is 2. The minimum absolute atomic E-state index is 0.294. The average Bonchev–Trinajstić information content (AvgIpc) is 1.92. The molecule has 0 aromatic heterocycles. The van der Waals surface area contributed by atoms with Gasteiger partial charge in [0.1, 0.15) is 0 Å². The van der Waals surface area contributed by atoms with E-state index in [-0.39, 0.29) is 0 Å². The fraction of sp³-hybridized carbons (Fsp3) is 0.143. The second-order valence-corrected chi connectivity index (χ2v) is 2.16. The van der Waals surface area contributed by atoms with Crippen molar-refractivity contribution in [2.45, 2.75) is 6.18 Å². The molecule has 0 N–H and O–H groups in total. The Bertz CT molecular complexity index is 296. The summed E-state index contributed by atoms with van der Waals surface area (Å²) in [5.41, 5.74) is -1.09. The molecule has 0 saturated carbocycles. The fourth-order valence-electron chi connectivity index (χ4n) is 0.684. The highest BCUT2D eigenvalue weighted by Crippen LogP contribution is 2.27. The highest BCUT2D eigenvalue weighted by atomic mass is 19.4. The maximum atomic E-state index is 11.9. The number of halogens is 3. The zero-order chi connectivity index (χ0) is 9.35. The maximum absolute atomic E-state index is 11.9. The standard InChI is InChI=1S/C7H3F3O2/c8-7(9,10)4-1-2-5(11)6(12)3-4/h1-3H. The number of hydrogen-bond donors (Lipinski definition) is 0. The van der Waals surface area contributed by atoms with Gasteiger partial charge in [-0.1, -0.05) is 0 Å². The van der Waals surface area contributed by atoms with Crippen molar-refractivity contribution in [3.8, 4) is 0 Å². The Morgan fingerprint density at radius 1 is 1.00 bits per heavy atom. The van der Waals surface area contributed by atoms with Gasteiger partial charge in [-0.3, -0.25) is 9.59 Å². The first-order valence-electron chi connectivity index (χ1n) is 2.96. The van der Waals surface area contributed by atoms with Gasteiger partial charge < -0.3 is 0 Å². The third kappa shape index (κ3) is 1.61. The first-order chi connectivity index (χ1) is 5.41. The van der Waals surface area contributed by atoms with E-state index < -0.39 is 23.3 Å². The molecule has 0 amide bonds. The van der Waals surface area contributed by atoms with Crippen molar-refractivity contribution in [3.63, 3.8) is 0 Å². The van der Waals surface area contributed by atoms with Crippen LogP contribution in [0.25, 0.3) is 0 Å². The minimum Gasteiger partial charge on any atom is -0.286 e. The zero-order valence-corrected chi connectivity index (χ0v) is 5.68. The van der Waals surface area contributed by atoms with E-state index in [0.29, 0.717) is 18.2 Å². The first-order valence-corrected chi connectivity index (χ1v) is 2.96. The van der Waals surface area contributed by atoms with E-state index in [2.05, 4.69) is 0 Å². The Balaban J connectivity index is 2.99. The van der Waals surface area contributed by atoms with Crippen LogP contribution in [0.4, 0.5) is 13.2 Å². The first kappa shape index (κ1) is 8.70. The maximum Gasteiger partial charge on any atom is 0.416 e. The number of hydrogen-bond acceptors (Lipinski definition) is 2. The van der Waals surface area contributed by atoms with Crippen molar-refractivity contribution in [1.82, 2.24) is 0 Å². The lowest BCUT2D eigenvalue weighted by molar-refractivity contribution is -0.131. The normalized spacial score (nSPS) is 18.1. The summed E-state index contributed by atoms with van der Waals surface area (Å²) < 4.78 is 35.6. The lowest BCUT2D eigenvalue weighted by Crippen LogP contribution is -2.19. The third-order valence-corrected chi connectivity index (χ3v) is 1.27. The fourth-order valence-corrected chi connectivity index (χ4v) is 0.684. The number of alkyl halides is 3. The summed E-state index contributed by atoms with van der Waals surface area (Å²) in [6, 6.07) is 0. The number of allylic oxidation sites excluding steroid dienone is 4. The molecule has 0 heterocycles.